The molecule has 0 spiro atoms. The Morgan fingerprint density at radius 1 is 1.00 bits per heavy atom. The van der Waals surface area contributed by atoms with Crippen molar-refractivity contribution in [1.29, 1.82) is 0 Å². The number of nitrogens with two attached hydrogens (primary N) is 1. The Morgan fingerprint density at radius 3 is 2.35 bits per heavy atom. The largest absolute Gasteiger partial charge is 0.401 e. The molecule has 0 aliphatic carbocycles. The van der Waals surface area contributed by atoms with E-state index in [0.717, 1.165) is 29.2 Å². The molecule has 2 rings (SSSR count). The van der Waals surface area contributed by atoms with Crippen LogP contribution in [-0.4, -0.2) is 6.54 Å². The maximum atomic E-state index is 5.91. The summed E-state index contributed by atoms with van der Waals surface area (Å²) in [5.74, 6) is 0. The van der Waals surface area contributed by atoms with E-state index in [-0.39, 0.29) is 0 Å². The highest BCUT2D eigenvalue weighted by molar-refractivity contribution is 5.74. The summed E-state index contributed by atoms with van der Waals surface area (Å²) >= 11 is 0. The zero-order valence-electron chi connectivity index (χ0n) is 11.8. The summed E-state index contributed by atoms with van der Waals surface area (Å²) in [4.78, 5) is 0. The number of hydrogen-bond acceptors (Lipinski definition) is 3. The van der Waals surface area contributed by atoms with E-state index in [1.165, 1.54) is 0 Å². The van der Waals surface area contributed by atoms with Crippen LogP contribution in [0.2, 0.25) is 0 Å². The molecule has 0 saturated carbocycles. The second-order valence-corrected chi connectivity index (χ2v) is 4.58. The quantitative estimate of drug-likeness (QED) is 0.738. The molecule has 3 nitrogen and oxygen atoms in total. The third kappa shape index (κ3) is 4.05. The number of benzene rings is 2. The highest BCUT2D eigenvalue weighted by Gasteiger charge is 2.01. The van der Waals surface area contributed by atoms with Crippen molar-refractivity contribution < 1.29 is 0 Å². The minimum Gasteiger partial charge on any atom is -0.401 e. The Labute approximate surface area is 120 Å². The van der Waals surface area contributed by atoms with Crippen LogP contribution in [0.25, 0.3) is 0 Å². The van der Waals surface area contributed by atoms with Crippen molar-refractivity contribution in [3.05, 3.63) is 66.4 Å². The van der Waals surface area contributed by atoms with Gasteiger partial charge in [0, 0.05) is 11.4 Å². The third-order valence-corrected chi connectivity index (χ3v) is 2.93. The van der Waals surface area contributed by atoms with Gasteiger partial charge in [0.15, 0.2) is 0 Å². The fourth-order valence-corrected chi connectivity index (χ4v) is 1.95. The maximum absolute atomic E-state index is 5.91. The predicted octanol–water partition coefficient (Wildman–Crippen LogP) is 4.09. The van der Waals surface area contributed by atoms with Gasteiger partial charge in [0.05, 0.1) is 17.9 Å². The predicted molar refractivity (Wildman–Crippen MR) is 87.2 cm³/mol. The number of para-hydroxylation sites is 3. The van der Waals surface area contributed by atoms with Crippen LogP contribution in [0.4, 0.5) is 17.1 Å². The molecule has 2 aromatic carbocycles. The summed E-state index contributed by atoms with van der Waals surface area (Å²) < 4.78 is 0. The fraction of sp³-hybridized carbons (Fsp3) is 0.176. The Balaban J connectivity index is 2.08. The van der Waals surface area contributed by atoms with E-state index in [4.69, 9.17) is 5.73 Å². The highest BCUT2D eigenvalue weighted by atomic mass is 15.0. The summed E-state index contributed by atoms with van der Waals surface area (Å²) in [5, 5.41) is 6.77. The standard InChI is InChI=1S/C17H21N3/c1-2-8-14(18)13-19-16-11-6-7-12-17(16)20-15-9-4-3-5-10-15/h3-12,19-20H,2,13,18H2,1H3/b14-8-. The van der Waals surface area contributed by atoms with Crippen molar-refractivity contribution in [2.75, 3.05) is 17.2 Å². The average Bonchev–Trinajstić information content (AvgIpc) is 2.48. The van der Waals surface area contributed by atoms with Crippen LogP contribution in [0.1, 0.15) is 13.3 Å². The van der Waals surface area contributed by atoms with Gasteiger partial charge >= 0.3 is 0 Å². The van der Waals surface area contributed by atoms with Gasteiger partial charge in [-0.3, -0.25) is 0 Å². The molecule has 4 N–H and O–H groups in total. The first-order chi connectivity index (χ1) is 9.79. The first-order valence-electron chi connectivity index (χ1n) is 6.89. The molecule has 104 valence electrons. The van der Waals surface area contributed by atoms with Crippen LogP contribution in [0, 0.1) is 0 Å². The molecule has 0 atom stereocenters. The molecule has 0 unspecified atom stereocenters. The lowest BCUT2D eigenvalue weighted by Gasteiger charge is -2.14. The molecule has 3 heteroatoms. The van der Waals surface area contributed by atoms with Gasteiger partial charge in [-0.15, -0.1) is 0 Å². The zero-order valence-corrected chi connectivity index (χ0v) is 11.8. The lowest BCUT2D eigenvalue weighted by atomic mass is 10.2. The molecule has 0 aliphatic rings. The normalized spacial score (nSPS) is 11.2. The second-order valence-electron chi connectivity index (χ2n) is 4.58. The van der Waals surface area contributed by atoms with Crippen molar-refractivity contribution in [1.82, 2.24) is 0 Å². The van der Waals surface area contributed by atoms with Crippen molar-refractivity contribution in [3.63, 3.8) is 0 Å². The lowest BCUT2D eigenvalue weighted by Crippen LogP contribution is -2.12. The van der Waals surface area contributed by atoms with E-state index in [1.807, 2.05) is 54.6 Å². The summed E-state index contributed by atoms with van der Waals surface area (Å²) in [6.45, 7) is 2.74. The second kappa shape index (κ2) is 7.24. The summed E-state index contributed by atoms with van der Waals surface area (Å²) in [5.41, 5.74) is 9.93. The van der Waals surface area contributed by atoms with E-state index < -0.39 is 0 Å². The van der Waals surface area contributed by atoms with E-state index in [1.54, 1.807) is 0 Å². The number of rotatable bonds is 6. The Kier molecular flexibility index (Phi) is 5.07. The first kappa shape index (κ1) is 14.0. The van der Waals surface area contributed by atoms with Gasteiger partial charge in [-0.1, -0.05) is 43.3 Å². The van der Waals surface area contributed by atoms with Crippen LogP contribution in [-0.2, 0) is 0 Å². The molecule has 2 aromatic rings. The van der Waals surface area contributed by atoms with Gasteiger partial charge in [-0.05, 0) is 30.7 Å². The van der Waals surface area contributed by atoms with E-state index in [2.05, 4.69) is 23.6 Å². The van der Waals surface area contributed by atoms with Crippen LogP contribution >= 0.6 is 0 Å². The molecule has 0 saturated heterocycles. The van der Waals surface area contributed by atoms with Gasteiger partial charge in [0.2, 0.25) is 0 Å². The Bertz CT molecular complexity index is 561. The van der Waals surface area contributed by atoms with Gasteiger partial charge in [-0.25, -0.2) is 0 Å². The molecule has 0 aromatic heterocycles. The smallest absolute Gasteiger partial charge is 0.0620 e. The maximum Gasteiger partial charge on any atom is 0.0620 e. The topological polar surface area (TPSA) is 50.1 Å². The zero-order chi connectivity index (χ0) is 14.2. The third-order valence-electron chi connectivity index (χ3n) is 2.93. The Morgan fingerprint density at radius 2 is 1.65 bits per heavy atom. The minimum atomic E-state index is 0.654. The van der Waals surface area contributed by atoms with Gasteiger partial charge in [-0.2, -0.15) is 0 Å². The molecular weight excluding hydrogens is 246 g/mol. The highest BCUT2D eigenvalue weighted by Crippen LogP contribution is 2.24. The van der Waals surface area contributed by atoms with Crippen LogP contribution < -0.4 is 16.4 Å². The molecular formula is C17H21N3. The summed E-state index contributed by atoms with van der Waals surface area (Å²) in [7, 11) is 0. The monoisotopic (exact) mass is 267 g/mol. The van der Waals surface area contributed by atoms with E-state index in [9.17, 15) is 0 Å². The lowest BCUT2D eigenvalue weighted by molar-refractivity contribution is 1.10. The fourth-order valence-electron chi connectivity index (χ4n) is 1.95. The first-order valence-corrected chi connectivity index (χ1v) is 6.89. The molecule has 0 bridgehead atoms. The number of hydrogen-bond donors (Lipinski definition) is 3. The van der Waals surface area contributed by atoms with E-state index >= 15 is 0 Å². The number of anilines is 3. The average molecular weight is 267 g/mol. The van der Waals surface area contributed by atoms with Gasteiger partial charge in [0.25, 0.3) is 0 Å². The van der Waals surface area contributed by atoms with Crippen LogP contribution in [0.15, 0.2) is 66.4 Å². The number of nitrogens with one attached hydrogen (secondary N) is 2. The van der Waals surface area contributed by atoms with Crippen molar-refractivity contribution in [2.24, 2.45) is 5.73 Å². The molecule has 0 heterocycles. The SMILES string of the molecule is CC/C=C(\N)CNc1ccccc1Nc1ccccc1. The minimum absolute atomic E-state index is 0.654. The molecule has 20 heavy (non-hydrogen) atoms. The van der Waals surface area contributed by atoms with Crippen molar-refractivity contribution in [3.8, 4) is 0 Å². The van der Waals surface area contributed by atoms with Gasteiger partial charge < -0.3 is 16.4 Å². The molecule has 0 radical (unpaired) electrons. The Hall–Kier alpha value is -2.42. The van der Waals surface area contributed by atoms with E-state index in [0.29, 0.717) is 6.54 Å². The summed E-state index contributed by atoms with van der Waals surface area (Å²) in [6, 6.07) is 18.2. The number of allylic oxidation sites excluding steroid dienone is 1. The summed E-state index contributed by atoms with van der Waals surface area (Å²) in [6.07, 6.45) is 2.98. The molecule has 0 amide bonds. The van der Waals surface area contributed by atoms with Crippen LogP contribution in [0.5, 0.6) is 0 Å². The van der Waals surface area contributed by atoms with Crippen molar-refractivity contribution >= 4 is 17.1 Å². The van der Waals surface area contributed by atoms with Crippen LogP contribution in [0.3, 0.4) is 0 Å². The molecule has 0 aliphatic heterocycles. The molecule has 0 fully saturated rings. The van der Waals surface area contributed by atoms with Crippen molar-refractivity contribution in [2.45, 2.75) is 13.3 Å². The van der Waals surface area contributed by atoms with Gasteiger partial charge in [0.1, 0.15) is 0 Å².